The summed E-state index contributed by atoms with van der Waals surface area (Å²) in [6.07, 6.45) is 3.21. The van der Waals surface area contributed by atoms with Gasteiger partial charge in [0, 0.05) is 18.4 Å². The highest BCUT2D eigenvalue weighted by Crippen LogP contribution is 2.25. The molecule has 0 amide bonds. The Balaban J connectivity index is 2.35. The van der Waals surface area contributed by atoms with E-state index in [2.05, 4.69) is 15.3 Å². The normalized spacial score (nSPS) is 16.4. The molecule has 1 aromatic rings. The van der Waals surface area contributed by atoms with E-state index >= 15 is 0 Å². The van der Waals surface area contributed by atoms with Crippen LogP contribution in [0, 0.1) is 0 Å². The van der Waals surface area contributed by atoms with Gasteiger partial charge in [0.05, 0.1) is 0 Å². The second-order valence-corrected chi connectivity index (χ2v) is 5.85. The third-order valence-corrected chi connectivity index (χ3v) is 2.97. The first-order valence-electron chi connectivity index (χ1n) is 4.46. The quantitative estimate of drug-likeness (QED) is 0.640. The second-order valence-electron chi connectivity index (χ2n) is 3.55. The van der Waals surface area contributed by atoms with Crippen molar-refractivity contribution < 1.29 is 8.42 Å². The summed E-state index contributed by atoms with van der Waals surface area (Å²) >= 11 is 5.70. The Morgan fingerprint density at radius 3 is 2.67 bits per heavy atom. The number of rotatable bonds is 3. The molecule has 0 saturated heterocycles. The molecule has 0 aliphatic heterocycles. The first kappa shape index (κ1) is 10.6. The van der Waals surface area contributed by atoms with E-state index in [-0.39, 0.29) is 10.3 Å². The first-order chi connectivity index (χ1) is 6.95. The molecule has 1 heterocycles. The summed E-state index contributed by atoms with van der Waals surface area (Å²) < 4.78 is 22.5. The van der Waals surface area contributed by atoms with E-state index in [1.54, 1.807) is 0 Å². The molecular formula is C8H10ClN3O2S. The van der Waals surface area contributed by atoms with Gasteiger partial charge in [0.15, 0.2) is 0 Å². The van der Waals surface area contributed by atoms with Gasteiger partial charge in [0.1, 0.15) is 11.0 Å². The zero-order valence-corrected chi connectivity index (χ0v) is 9.64. The molecule has 0 atom stereocenters. The van der Waals surface area contributed by atoms with Crippen LogP contribution in [0.25, 0.3) is 0 Å². The largest absolute Gasteiger partial charge is 0.367 e. The van der Waals surface area contributed by atoms with E-state index in [1.807, 2.05) is 0 Å². The minimum Gasteiger partial charge on any atom is -0.367 e. The lowest BCUT2D eigenvalue weighted by Crippen LogP contribution is -2.09. The molecule has 2 rings (SSSR count). The molecular weight excluding hydrogens is 238 g/mol. The maximum Gasteiger partial charge on any atom is 0.250 e. The minimum absolute atomic E-state index is 0.133. The molecule has 0 aromatic carbocycles. The highest BCUT2D eigenvalue weighted by Gasteiger charge is 2.22. The van der Waals surface area contributed by atoms with Gasteiger partial charge in [0.2, 0.25) is 15.0 Å². The molecule has 1 aliphatic rings. The van der Waals surface area contributed by atoms with E-state index in [0.717, 1.165) is 19.1 Å². The van der Waals surface area contributed by atoms with E-state index in [1.165, 1.54) is 6.07 Å². The summed E-state index contributed by atoms with van der Waals surface area (Å²) in [4.78, 5) is 7.55. The van der Waals surface area contributed by atoms with Crippen LogP contribution in [0.4, 0.5) is 5.82 Å². The molecule has 1 fully saturated rings. The number of hydrogen-bond donors (Lipinski definition) is 1. The van der Waals surface area contributed by atoms with Gasteiger partial charge in [-0.05, 0) is 12.8 Å². The lowest BCUT2D eigenvalue weighted by molar-refractivity contribution is 0.593. The predicted molar refractivity (Wildman–Crippen MR) is 56.8 cm³/mol. The molecule has 1 saturated carbocycles. The van der Waals surface area contributed by atoms with Crippen LogP contribution in [0.1, 0.15) is 12.8 Å². The van der Waals surface area contributed by atoms with Crippen LogP contribution in [0.2, 0.25) is 5.15 Å². The topological polar surface area (TPSA) is 72.0 Å². The van der Waals surface area contributed by atoms with Crippen LogP contribution in [0.15, 0.2) is 11.2 Å². The van der Waals surface area contributed by atoms with Gasteiger partial charge >= 0.3 is 0 Å². The van der Waals surface area contributed by atoms with E-state index < -0.39 is 9.84 Å². The Bertz CT molecular complexity index is 485. The van der Waals surface area contributed by atoms with Gasteiger partial charge in [-0.15, -0.1) is 0 Å². The van der Waals surface area contributed by atoms with Crippen LogP contribution in [0.3, 0.4) is 0 Å². The third kappa shape index (κ3) is 2.79. The van der Waals surface area contributed by atoms with Gasteiger partial charge in [0.25, 0.3) is 0 Å². The van der Waals surface area contributed by atoms with Gasteiger partial charge in [-0.1, -0.05) is 11.6 Å². The van der Waals surface area contributed by atoms with Crippen molar-refractivity contribution >= 4 is 27.3 Å². The fourth-order valence-electron chi connectivity index (χ4n) is 1.07. The average Bonchev–Trinajstić information content (AvgIpc) is 2.85. The maximum absolute atomic E-state index is 11.2. The molecule has 5 nitrogen and oxygen atoms in total. The standard InChI is InChI=1S/C8H10ClN3O2S/c1-15(13,14)8-11-6(9)4-7(12-8)10-5-2-3-5/h4-5H,2-3H2,1H3,(H,10,11,12). The average molecular weight is 248 g/mol. The van der Waals surface area contributed by atoms with E-state index in [4.69, 9.17) is 11.6 Å². The Labute approximate surface area is 92.8 Å². The summed E-state index contributed by atoms with van der Waals surface area (Å²) in [5, 5.41) is 2.96. The van der Waals surface area contributed by atoms with Crippen LogP contribution >= 0.6 is 11.6 Å². The smallest absolute Gasteiger partial charge is 0.250 e. The molecule has 1 aromatic heterocycles. The van der Waals surface area contributed by atoms with E-state index in [0.29, 0.717) is 11.9 Å². The zero-order chi connectivity index (χ0) is 11.1. The number of aromatic nitrogens is 2. The molecule has 7 heteroatoms. The Morgan fingerprint density at radius 2 is 2.13 bits per heavy atom. The maximum atomic E-state index is 11.2. The fourth-order valence-corrected chi connectivity index (χ4v) is 1.84. The number of hydrogen-bond acceptors (Lipinski definition) is 5. The molecule has 1 N–H and O–H groups in total. The zero-order valence-electron chi connectivity index (χ0n) is 8.07. The molecule has 82 valence electrons. The summed E-state index contributed by atoms with van der Waals surface area (Å²) in [5.74, 6) is 0.470. The number of anilines is 1. The van der Waals surface area contributed by atoms with Crippen LogP contribution in [0.5, 0.6) is 0 Å². The minimum atomic E-state index is -3.41. The monoisotopic (exact) mass is 247 g/mol. The Kier molecular flexibility index (Phi) is 2.56. The molecule has 0 spiro atoms. The lowest BCUT2D eigenvalue weighted by atomic mass is 10.5. The molecule has 0 bridgehead atoms. The lowest BCUT2D eigenvalue weighted by Gasteiger charge is -2.05. The molecule has 0 unspecified atom stereocenters. The van der Waals surface area contributed by atoms with Crippen LogP contribution in [-0.4, -0.2) is 30.7 Å². The number of nitrogens with one attached hydrogen (secondary N) is 1. The Morgan fingerprint density at radius 1 is 1.47 bits per heavy atom. The number of halogens is 1. The highest BCUT2D eigenvalue weighted by molar-refractivity contribution is 7.90. The molecule has 0 radical (unpaired) electrons. The van der Waals surface area contributed by atoms with Gasteiger partial charge in [-0.25, -0.2) is 18.4 Å². The van der Waals surface area contributed by atoms with Gasteiger partial charge in [-0.2, -0.15) is 0 Å². The van der Waals surface area contributed by atoms with Gasteiger partial charge in [-0.3, -0.25) is 0 Å². The third-order valence-electron chi connectivity index (χ3n) is 1.94. The summed E-state index contributed by atoms with van der Waals surface area (Å²) in [6.45, 7) is 0. The van der Waals surface area contributed by atoms with Gasteiger partial charge < -0.3 is 5.32 Å². The van der Waals surface area contributed by atoms with E-state index in [9.17, 15) is 8.42 Å². The van der Waals surface area contributed by atoms with Crippen LogP contribution < -0.4 is 5.32 Å². The van der Waals surface area contributed by atoms with Crippen molar-refractivity contribution in [2.75, 3.05) is 11.6 Å². The summed E-state index contributed by atoms with van der Waals surface area (Å²) in [7, 11) is -3.41. The second kappa shape index (κ2) is 3.61. The van der Waals surface area contributed by atoms with Crippen molar-refractivity contribution in [2.24, 2.45) is 0 Å². The Hall–Kier alpha value is -0.880. The van der Waals surface area contributed by atoms with Crippen molar-refractivity contribution in [3.05, 3.63) is 11.2 Å². The van der Waals surface area contributed by atoms with Crippen molar-refractivity contribution in [3.63, 3.8) is 0 Å². The summed E-state index contributed by atoms with van der Waals surface area (Å²) in [5.41, 5.74) is 0. The van der Waals surface area contributed by atoms with Crippen molar-refractivity contribution in [3.8, 4) is 0 Å². The van der Waals surface area contributed by atoms with Crippen molar-refractivity contribution in [1.82, 2.24) is 9.97 Å². The van der Waals surface area contributed by atoms with Crippen molar-refractivity contribution in [2.45, 2.75) is 24.0 Å². The predicted octanol–water partition coefficient (Wildman–Crippen LogP) is 1.11. The SMILES string of the molecule is CS(=O)(=O)c1nc(Cl)cc(NC2CC2)n1. The highest BCUT2D eigenvalue weighted by atomic mass is 35.5. The summed E-state index contributed by atoms with van der Waals surface area (Å²) in [6, 6.07) is 1.91. The number of sulfone groups is 1. The molecule has 15 heavy (non-hydrogen) atoms. The molecule has 1 aliphatic carbocycles. The number of nitrogens with zero attached hydrogens (tertiary/aromatic N) is 2. The first-order valence-corrected chi connectivity index (χ1v) is 6.73. The van der Waals surface area contributed by atoms with Crippen LogP contribution in [-0.2, 0) is 9.84 Å². The fraction of sp³-hybridized carbons (Fsp3) is 0.500. The van der Waals surface area contributed by atoms with Crippen molar-refractivity contribution in [1.29, 1.82) is 0 Å².